The lowest BCUT2D eigenvalue weighted by Gasteiger charge is -2.28. The fourth-order valence-corrected chi connectivity index (χ4v) is 14.0. The van der Waals surface area contributed by atoms with Crippen LogP contribution in [0.3, 0.4) is 0 Å². The molecule has 0 atom stereocenters. The van der Waals surface area contributed by atoms with Crippen molar-refractivity contribution in [2.45, 2.75) is 0 Å². The molecule has 0 aliphatic heterocycles. The van der Waals surface area contributed by atoms with E-state index in [1.54, 1.807) is 0 Å². The van der Waals surface area contributed by atoms with E-state index in [4.69, 9.17) is 9.49 Å². The molecule has 0 aliphatic carbocycles. The van der Waals surface area contributed by atoms with E-state index < -0.39 is 14.1 Å². The van der Waals surface area contributed by atoms with Crippen LogP contribution < -0.4 is 31.8 Å². The SMILES string of the molecule is c1ccc(P(=Nc2cccc3cccc(N=P(c4ccccc4)(c4ccccc4)c4ccccc4)c23)(c2ccccc2)c2ccccc2)cc1. The summed E-state index contributed by atoms with van der Waals surface area (Å²) in [6.45, 7) is 0. The first-order valence-electron chi connectivity index (χ1n) is 16.9. The Morgan fingerprint density at radius 1 is 0.240 bits per heavy atom. The van der Waals surface area contributed by atoms with Gasteiger partial charge in [-0.2, -0.15) is 0 Å². The lowest BCUT2D eigenvalue weighted by Crippen LogP contribution is -2.25. The van der Waals surface area contributed by atoms with Gasteiger partial charge in [0.1, 0.15) is 0 Å². The summed E-state index contributed by atoms with van der Waals surface area (Å²) >= 11 is 0. The topological polar surface area (TPSA) is 24.7 Å². The predicted molar refractivity (Wildman–Crippen MR) is 218 cm³/mol. The number of hydrogen-bond acceptors (Lipinski definition) is 2. The maximum absolute atomic E-state index is 6.00. The van der Waals surface area contributed by atoms with E-state index in [-0.39, 0.29) is 0 Å². The summed E-state index contributed by atoms with van der Waals surface area (Å²) in [5.74, 6) is 0. The summed E-state index contributed by atoms with van der Waals surface area (Å²) < 4.78 is 12.0. The van der Waals surface area contributed by atoms with Crippen molar-refractivity contribution in [3.8, 4) is 0 Å². The average Bonchev–Trinajstić information content (AvgIpc) is 3.21. The van der Waals surface area contributed by atoms with E-state index >= 15 is 0 Å². The molecule has 8 aromatic carbocycles. The number of hydrogen-bond donors (Lipinski definition) is 0. The summed E-state index contributed by atoms with van der Waals surface area (Å²) in [5.41, 5.74) is 1.89. The first-order valence-corrected chi connectivity index (χ1v) is 20.4. The molecular formula is C46H36N2P2. The molecule has 0 saturated carbocycles. The maximum Gasteiger partial charge on any atom is 0.0725 e. The van der Waals surface area contributed by atoms with E-state index in [1.807, 2.05) is 0 Å². The summed E-state index contributed by atoms with van der Waals surface area (Å²) in [6, 6.07) is 78.0. The molecule has 4 heteroatoms. The van der Waals surface area contributed by atoms with Crippen LogP contribution in [0, 0.1) is 0 Å². The standard InChI is InChI=1S/C46H36N2P2/c1-7-23-38(24-8-1)49(39-25-9-2-10-26-39,40-27-11-3-12-28-40)47-44-35-19-21-37-22-20-36-45(46(37)44)48-50(41-29-13-4-14-30-41,42-31-15-5-16-32-42)43-33-17-6-18-34-43/h1-36H. The maximum atomic E-state index is 6.00. The number of nitrogens with zero attached hydrogens (tertiary/aromatic N) is 2. The highest BCUT2D eigenvalue weighted by molar-refractivity contribution is 7.88. The molecule has 0 fully saturated rings. The molecule has 0 amide bonds. The lowest BCUT2D eigenvalue weighted by atomic mass is 10.1. The zero-order valence-corrected chi connectivity index (χ0v) is 29.4. The van der Waals surface area contributed by atoms with Gasteiger partial charge in [0.25, 0.3) is 0 Å². The van der Waals surface area contributed by atoms with Crippen molar-refractivity contribution in [2.24, 2.45) is 9.49 Å². The quantitative estimate of drug-likeness (QED) is 0.143. The highest BCUT2D eigenvalue weighted by atomic mass is 31.2. The molecule has 0 N–H and O–H groups in total. The Bertz CT molecular complexity index is 2090. The van der Waals surface area contributed by atoms with E-state index in [2.05, 4.69) is 218 Å². The molecule has 0 spiro atoms. The lowest BCUT2D eigenvalue weighted by molar-refractivity contribution is 1.55. The monoisotopic (exact) mass is 678 g/mol. The third-order valence-corrected chi connectivity index (χ3v) is 16.5. The first kappa shape index (κ1) is 31.7. The van der Waals surface area contributed by atoms with Gasteiger partial charge in [-0.25, -0.2) is 0 Å². The highest BCUT2D eigenvalue weighted by Gasteiger charge is 2.30. The summed E-state index contributed by atoms with van der Waals surface area (Å²) in [5, 5.41) is 9.45. The zero-order valence-electron chi connectivity index (χ0n) is 27.6. The van der Waals surface area contributed by atoms with Crippen LogP contribution in [-0.2, 0) is 0 Å². The van der Waals surface area contributed by atoms with Crippen LogP contribution in [0.25, 0.3) is 10.8 Å². The molecule has 8 aromatic rings. The Morgan fingerprint density at radius 2 is 0.480 bits per heavy atom. The van der Waals surface area contributed by atoms with E-state index in [0.717, 1.165) is 22.1 Å². The Morgan fingerprint density at radius 3 is 0.720 bits per heavy atom. The molecule has 8 rings (SSSR count). The Balaban J connectivity index is 1.53. The van der Waals surface area contributed by atoms with Crippen LogP contribution in [0.1, 0.15) is 0 Å². The van der Waals surface area contributed by atoms with Gasteiger partial charge in [-0.05, 0) is 17.5 Å². The minimum Gasteiger partial charge on any atom is -0.253 e. The Hall–Kier alpha value is -5.52. The van der Waals surface area contributed by atoms with Gasteiger partial charge in [0.15, 0.2) is 0 Å². The number of benzene rings is 8. The van der Waals surface area contributed by atoms with Crippen molar-refractivity contribution in [1.82, 2.24) is 0 Å². The molecule has 240 valence electrons. The smallest absolute Gasteiger partial charge is 0.0725 e. The van der Waals surface area contributed by atoms with Crippen molar-refractivity contribution in [1.29, 1.82) is 0 Å². The van der Waals surface area contributed by atoms with Crippen LogP contribution in [0.15, 0.2) is 228 Å². The molecule has 50 heavy (non-hydrogen) atoms. The van der Waals surface area contributed by atoms with Crippen molar-refractivity contribution in [3.05, 3.63) is 218 Å². The molecule has 0 radical (unpaired) electrons. The van der Waals surface area contributed by atoms with Crippen molar-refractivity contribution >= 4 is 68.1 Å². The van der Waals surface area contributed by atoms with Gasteiger partial charge in [-0.15, -0.1) is 0 Å². The largest absolute Gasteiger partial charge is 0.253 e. The van der Waals surface area contributed by atoms with Crippen LogP contribution in [0.2, 0.25) is 0 Å². The number of rotatable bonds is 8. The van der Waals surface area contributed by atoms with Gasteiger partial charge in [-0.1, -0.05) is 206 Å². The second-order valence-electron chi connectivity index (χ2n) is 12.1. The Kier molecular flexibility index (Phi) is 8.98. The third-order valence-electron chi connectivity index (χ3n) is 9.16. The summed E-state index contributed by atoms with van der Waals surface area (Å²) in [4.78, 5) is 0. The van der Waals surface area contributed by atoms with E-state index in [0.29, 0.717) is 0 Å². The van der Waals surface area contributed by atoms with Crippen LogP contribution in [-0.4, -0.2) is 0 Å². The number of fused-ring (bicyclic) bond motifs is 1. The first-order chi connectivity index (χ1) is 24.8. The molecule has 0 heterocycles. The third kappa shape index (κ3) is 5.78. The van der Waals surface area contributed by atoms with Crippen molar-refractivity contribution < 1.29 is 0 Å². The van der Waals surface area contributed by atoms with Gasteiger partial charge in [0.05, 0.1) is 25.5 Å². The second-order valence-corrected chi connectivity index (χ2v) is 18.2. The summed E-state index contributed by atoms with van der Waals surface area (Å²) in [7, 11) is -5.06. The molecule has 2 nitrogen and oxygen atoms in total. The van der Waals surface area contributed by atoms with Gasteiger partial charge in [-0.3, -0.25) is 9.49 Å². The minimum atomic E-state index is -2.53. The van der Waals surface area contributed by atoms with Crippen molar-refractivity contribution in [3.63, 3.8) is 0 Å². The van der Waals surface area contributed by atoms with E-state index in [1.165, 1.54) is 31.8 Å². The summed E-state index contributed by atoms with van der Waals surface area (Å²) in [6.07, 6.45) is 0. The van der Waals surface area contributed by atoms with Gasteiger partial charge in [0.2, 0.25) is 0 Å². The predicted octanol–water partition coefficient (Wildman–Crippen LogP) is 10.5. The molecule has 0 aromatic heterocycles. The Labute approximate surface area is 294 Å². The molecule has 0 bridgehead atoms. The highest BCUT2D eigenvalue weighted by Crippen LogP contribution is 2.54. The van der Waals surface area contributed by atoms with Crippen LogP contribution in [0.4, 0.5) is 11.4 Å². The van der Waals surface area contributed by atoms with Crippen LogP contribution in [0.5, 0.6) is 0 Å². The van der Waals surface area contributed by atoms with Crippen LogP contribution >= 0.6 is 14.1 Å². The fourth-order valence-electron chi connectivity index (χ4n) is 6.89. The average molecular weight is 679 g/mol. The molecule has 0 unspecified atom stereocenters. The van der Waals surface area contributed by atoms with Gasteiger partial charge < -0.3 is 0 Å². The normalized spacial score (nSPS) is 11.6. The molecule has 0 aliphatic rings. The molecule has 0 saturated heterocycles. The van der Waals surface area contributed by atoms with Gasteiger partial charge in [0, 0.05) is 37.2 Å². The fraction of sp³-hybridized carbons (Fsp3) is 0. The molecular weight excluding hydrogens is 642 g/mol. The van der Waals surface area contributed by atoms with E-state index in [9.17, 15) is 0 Å². The van der Waals surface area contributed by atoms with Crippen molar-refractivity contribution in [2.75, 3.05) is 0 Å². The zero-order chi connectivity index (χ0) is 33.6. The minimum absolute atomic E-state index is 0.944. The second kappa shape index (κ2) is 14.1. The van der Waals surface area contributed by atoms with Gasteiger partial charge >= 0.3 is 0 Å².